The number of ether oxygens (including phenoxy) is 1. The van der Waals surface area contributed by atoms with Gasteiger partial charge in [-0.1, -0.05) is 71.7 Å². The van der Waals surface area contributed by atoms with E-state index in [-0.39, 0.29) is 69.1 Å². The van der Waals surface area contributed by atoms with Crippen molar-refractivity contribution < 1.29 is 29.6 Å². The Hall–Kier alpha value is -3.00. The van der Waals surface area contributed by atoms with E-state index in [4.69, 9.17) is 4.74 Å². The first-order chi connectivity index (χ1) is 25.9. The van der Waals surface area contributed by atoms with E-state index in [1.165, 1.54) is 5.57 Å². The number of aromatic hydroxyl groups is 2. The summed E-state index contributed by atoms with van der Waals surface area (Å²) in [6, 6.07) is 13.3. The van der Waals surface area contributed by atoms with Crippen molar-refractivity contribution in [1.29, 1.82) is 0 Å². The number of benzene rings is 2. The van der Waals surface area contributed by atoms with Gasteiger partial charge in [0.1, 0.15) is 23.4 Å². The molecule has 1 saturated heterocycles. The van der Waals surface area contributed by atoms with Gasteiger partial charge in [-0.15, -0.1) is 0 Å². The molecule has 298 valence electrons. The molecule has 7 heteroatoms. The van der Waals surface area contributed by atoms with Crippen molar-refractivity contribution in [3.05, 3.63) is 70.3 Å². The molecular formula is C48H65NO6. The lowest BCUT2D eigenvalue weighted by Gasteiger charge is -2.68. The molecule has 12 atom stereocenters. The van der Waals surface area contributed by atoms with E-state index >= 15 is 0 Å². The molecule has 2 aromatic rings. The van der Waals surface area contributed by atoms with Gasteiger partial charge in [0.05, 0.1) is 11.7 Å². The standard InChI is InChI=1S/C48H65NO6/c1-27(19-37(52)43-48(7,55-43)35-14-10-13-33(35)29-11-9-12-31(50)22-29)41-36-15-16-40-45(4)24-34(30-20-28(26-49-8)21-32(51)23-30)42(54)44(2,3)39(45)17-18-46(40,5)47(36,6)25-38(41)53/h9,11-12,20-23,27,33-35,37,39-40,43,49-52H,10,13-19,24-26H2,1-8H3/t27-,33+,34+,35-,37-,39+,40-,43-,45-,46+,47+,48-/m1/s1. The number of hydrogen-bond acceptors (Lipinski definition) is 7. The van der Waals surface area contributed by atoms with Crippen LogP contribution in [0.1, 0.15) is 141 Å². The Morgan fingerprint density at radius 1 is 0.909 bits per heavy atom. The number of Topliss-reactive ketones (excluding diaryl/α,β-unsaturated/α-hetero) is 2. The molecule has 0 spiro atoms. The molecule has 0 radical (unpaired) electrons. The molecule has 0 aromatic heterocycles. The van der Waals surface area contributed by atoms with Gasteiger partial charge in [0.15, 0.2) is 5.78 Å². The quantitative estimate of drug-likeness (QED) is 0.189. The van der Waals surface area contributed by atoms with Crippen LogP contribution in [0.4, 0.5) is 0 Å². The van der Waals surface area contributed by atoms with E-state index < -0.39 is 17.1 Å². The first-order valence-corrected chi connectivity index (χ1v) is 21.3. The average Bonchev–Trinajstić information content (AvgIpc) is 3.42. The highest BCUT2D eigenvalue weighted by atomic mass is 16.6. The summed E-state index contributed by atoms with van der Waals surface area (Å²) < 4.78 is 6.43. The van der Waals surface area contributed by atoms with Gasteiger partial charge in [-0.2, -0.15) is 0 Å². The van der Waals surface area contributed by atoms with Crippen LogP contribution < -0.4 is 5.32 Å². The number of nitrogens with one attached hydrogen (secondary N) is 1. The SMILES string of the molecule is CNCc1cc(O)cc([C@@H]2C[C@@]3(C)[C@H]4CCC5=C([C@H](C)C[C@@H](O)[C@H]6O[C@]6(C)[C@@H]6CCC[C@H]6c6cccc(O)c6)C(=O)C[C@]5(C)[C@@]4(C)CC[C@H]3C(C)(C)C2=O)c1. The van der Waals surface area contributed by atoms with Crippen molar-refractivity contribution in [2.45, 2.75) is 149 Å². The lowest BCUT2D eigenvalue weighted by molar-refractivity contribution is -0.183. The molecule has 6 aliphatic rings. The van der Waals surface area contributed by atoms with E-state index in [0.29, 0.717) is 31.2 Å². The fourth-order valence-electron chi connectivity index (χ4n) is 14.5. The van der Waals surface area contributed by atoms with Crippen molar-refractivity contribution in [3.8, 4) is 11.5 Å². The number of aliphatic hydroxyl groups excluding tert-OH is 1. The van der Waals surface area contributed by atoms with E-state index in [0.717, 1.165) is 73.6 Å². The number of aliphatic hydroxyl groups is 1. The number of allylic oxidation sites excluding steroid dienone is 2. The topological polar surface area (TPSA) is 119 Å². The van der Waals surface area contributed by atoms with Gasteiger partial charge in [0.2, 0.25) is 0 Å². The monoisotopic (exact) mass is 751 g/mol. The van der Waals surface area contributed by atoms with E-state index in [9.17, 15) is 24.9 Å². The Morgan fingerprint density at radius 2 is 1.65 bits per heavy atom. The largest absolute Gasteiger partial charge is 0.508 e. The summed E-state index contributed by atoms with van der Waals surface area (Å²) in [5.41, 5.74) is 3.90. The second-order valence-corrected chi connectivity index (χ2v) is 20.4. The van der Waals surface area contributed by atoms with Crippen LogP contribution in [0.25, 0.3) is 0 Å². The third-order valence-corrected chi connectivity index (χ3v) is 17.2. The second kappa shape index (κ2) is 13.3. The number of fused-ring (bicyclic) bond motifs is 5. The van der Waals surface area contributed by atoms with Gasteiger partial charge in [-0.3, -0.25) is 9.59 Å². The maximum atomic E-state index is 14.4. The Labute approximate surface area is 328 Å². The van der Waals surface area contributed by atoms with Crippen LogP contribution in [0.3, 0.4) is 0 Å². The smallest absolute Gasteiger partial charge is 0.159 e. The Balaban J connectivity index is 1.04. The number of carbonyl (C=O) groups excluding carboxylic acids is 2. The van der Waals surface area contributed by atoms with Crippen LogP contribution in [-0.4, -0.2) is 51.7 Å². The summed E-state index contributed by atoms with van der Waals surface area (Å²) in [6.45, 7) is 16.5. The molecule has 5 fully saturated rings. The van der Waals surface area contributed by atoms with Crippen molar-refractivity contribution in [1.82, 2.24) is 5.32 Å². The molecule has 55 heavy (non-hydrogen) atoms. The van der Waals surface area contributed by atoms with Gasteiger partial charge in [-0.25, -0.2) is 0 Å². The zero-order valence-electron chi connectivity index (χ0n) is 34.5. The zero-order valence-corrected chi connectivity index (χ0v) is 34.5. The molecule has 8 rings (SSSR count). The highest BCUT2D eigenvalue weighted by Gasteiger charge is 2.69. The average molecular weight is 752 g/mol. The molecule has 2 aromatic carbocycles. The third-order valence-electron chi connectivity index (χ3n) is 17.2. The first kappa shape index (κ1) is 38.9. The normalized spacial score (nSPS) is 40.4. The fourth-order valence-corrected chi connectivity index (χ4v) is 14.5. The van der Waals surface area contributed by atoms with Gasteiger partial charge in [0.25, 0.3) is 0 Å². The zero-order chi connectivity index (χ0) is 39.5. The van der Waals surface area contributed by atoms with Gasteiger partial charge >= 0.3 is 0 Å². The van der Waals surface area contributed by atoms with Crippen LogP contribution in [0.2, 0.25) is 0 Å². The minimum Gasteiger partial charge on any atom is -0.508 e. The Bertz CT molecular complexity index is 1920. The molecular weight excluding hydrogens is 687 g/mol. The van der Waals surface area contributed by atoms with Crippen LogP contribution in [0.15, 0.2) is 53.6 Å². The number of hydrogen-bond donors (Lipinski definition) is 4. The lowest BCUT2D eigenvalue weighted by Crippen LogP contribution is -2.63. The maximum Gasteiger partial charge on any atom is 0.159 e. The molecule has 5 aliphatic carbocycles. The Morgan fingerprint density at radius 3 is 2.38 bits per heavy atom. The highest BCUT2D eigenvalue weighted by molar-refractivity contribution is 6.00. The molecule has 7 nitrogen and oxygen atoms in total. The predicted molar refractivity (Wildman–Crippen MR) is 215 cm³/mol. The van der Waals surface area contributed by atoms with Crippen molar-refractivity contribution in [3.63, 3.8) is 0 Å². The maximum absolute atomic E-state index is 14.4. The third kappa shape index (κ3) is 5.82. The fraction of sp³-hybridized carbons (Fsp3) is 0.667. The van der Waals surface area contributed by atoms with Gasteiger partial charge in [-0.05, 0) is 152 Å². The summed E-state index contributed by atoms with van der Waals surface area (Å²) in [5, 5.41) is 35.9. The molecule has 0 unspecified atom stereocenters. The first-order valence-electron chi connectivity index (χ1n) is 21.3. The number of epoxide rings is 1. The minimum atomic E-state index is -0.663. The van der Waals surface area contributed by atoms with E-state index in [1.54, 1.807) is 18.2 Å². The molecule has 1 heterocycles. The van der Waals surface area contributed by atoms with Crippen LogP contribution in [0, 0.1) is 45.3 Å². The summed E-state index contributed by atoms with van der Waals surface area (Å²) >= 11 is 0. The summed E-state index contributed by atoms with van der Waals surface area (Å²) in [4.78, 5) is 28.8. The number of rotatable bonds is 9. The number of ketones is 2. The van der Waals surface area contributed by atoms with Crippen molar-refractivity contribution in [2.75, 3.05) is 7.05 Å². The van der Waals surface area contributed by atoms with Crippen molar-refractivity contribution >= 4 is 11.6 Å². The highest BCUT2D eigenvalue weighted by Crippen LogP contribution is 2.75. The van der Waals surface area contributed by atoms with Gasteiger partial charge in [0, 0.05) is 29.7 Å². The van der Waals surface area contributed by atoms with Crippen LogP contribution >= 0.6 is 0 Å². The van der Waals surface area contributed by atoms with E-state index in [2.05, 4.69) is 65.9 Å². The number of phenols is 2. The minimum absolute atomic E-state index is 0.0709. The summed E-state index contributed by atoms with van der Waals surface area (Å²) in [5.74, 6) is 1.83. The van der Waals surface area contributed by atoms with Crippen LogP contribution in [0.5, 0.6) is 11.5 Å². The van der Waals surface area contributed by atoms with Gasteiger partial charge < -0.3 is 25.4 Å². The number of phenolic OH excluding ortho intramolecular Hbond substituents is 2. The summed E-state index contributed by atoms with van der Waals surface area (Å²) in [7, 11) is 1.89. The lowest BCUT2D eigenvalue weighted by atomic mass is 9.35. The molecule has 1 aliphatic heterocycles. The van der Waals surface area contributed by atoms with Crippen molar-refractivity contribution in [2.24, 2.45) is 45.3 Å². The predicted octanol–water partition coefficient (Wildman–Crippen LogP) is 9.14. The molecule has 4 saturated carbocycles. The molecule has 0 bridgehead atoms. The van der Waals surface area contributed by atoms with Crippen LogP contribution in [-0.2, 0) is 20.9 Å². The molecule has 0 amide bonds. The summed E-state index contributed by atoms with van der Waals surface area (Å²) in [6.07, 6.45) is 7.87. The Kier molecular flexibility index (Phi) is 9.38. The second-order valence-electron chi connectivity index (χ2n) is 20.4. The molecule has 4 N–H and O–H groups in total. The van der Waals surface area contributed by atoms with E-state index in [1.807, 2.05) is 19.2 Å². The number of carbonyl (C=O) groups is 2.